The van der Waals surface area contributed by atoms with E-state index in [1.807, 2.05) is 43.3 Å². The first-order valence-electron chi connectivity index (χ1n) is 10.4. The number of nitrogens with one attached hydrogen (secondary N) is 2. The third-order valence-electron chi connectivity index (χ3n) is 5.22. The van der Waals surface area contributed by atoms with Crippen molar-refractivity contribution in [1.82, 2.24) is 20.5 Å². The summed E-state index contributed by atoms with van der Waals surface area (Å²) in [6.07, 6.45) is 2.82. The molecule has 1 aromatic carbocycles. The molecule has 1 atom stereocenters. The Labute approximate surface area is 172 Å². The highest BCUT2D eigenvalue weighted by molar-refractivity contribution is 5.88. The molecule has 0 spiro atoms. The number of hydrogen-bond donors (Lipinski definition) is 2. The van der Waals surface area contributed by atoms with Crippen molar-refractivity contribution in [3.63, 3.8) is 0 Å². The summed E-state index contributed by atoms with van der Waals surface area (Å²) >= 11 is 0. The molecule has 0 saturated carbocycles. The Balaban J connectivity index is 1.45. The van der Waals surface area contributed by atoms with Crippen molar-refractivity contribution in [3.8, 4) is 0 Å². The van der Waals surface area contributed by atoms with Crippen LogP contribution < -0.4 is 10.6 Å². The lowest BCUT2D eigenvalue weighted by Gasteiger charge is -2.34. The molecule has 2 N–H and O–H groups in total. The smallest absolute Gasteiger partial charge is 0.237 e. The molecule has 1 aliphatic rings. The monoisotopic (exact) mass is 394 g/mol. The Morgan fingerprint density at radius 1 is 1.17 bits per heavy atom. The zero-order chi connectivity index (χ0) is 20.5. The third kappa shape index (κ3) is 6.68. The normalized spacial score (nSPS) is 17.0. The van der Waals surface area contributed by atoms with Crippen molar-refractivity contribution in [3.05, 3.63) is 65.5 Å². The molecule has 1 unspecified atom stereocenters. The second-order valence-corrected chi connectivity index (χ2v) is 7.51. The topological polar surface area (TPSA) is 74.3 Å². The summed E-state index contributed by atoms with van der Waals surface area (Å²) in [4.78, 5) is 31.4. The highest BCUT2D eigenvalue weighted by Gasteiger charge is 2.31. The van der Waals surface area contributed by atoms with Gasteiger partial charge in [0.1, 0.15) is 0 Å². The van der Waals surface area contributed by atoms with E-state index in [4.69, 9.17) is 0 Å². The number of hydrogen-bond acceptors (Lipinski definition) is 4. The number of aromatic nitrogens is 1. The van der Waals surface area contributed by atoms with Gasteiger partial charge < -0.3 is 10.6 Å². The van der Waals surface area contributed by atoms with E-state index in [-0.39, 0.29) is 18.2 Å². The molecule has 2 amide bonds. The summed E-state index contributed by atoms with van der Waals surface area (Å²) in [5.74, 6) is -0.140. The average Bonchev–Trinajstić information content (AvgIpc) is 2.71. The minimum atomic E-state index is -0.392. The van der Waals surface area contributed by atoms with E-state index in [9.17, 15) is 9.59 Å². The van der Waals surface area contributed by atoms with Crippen LogP contribution in [0.5, 0.6) is 0 Å². The molecule has 1 aliphatic heterocycles. The van der Waals surface area contributed by atoms with Gasteiger partial charge in [0.2, 0.25) is 11.8 Å². The quantitative estimate of drug-likeness (QED) is 0.681. The predicted octanol–water partition coefficient (Wildman–Crippen LogP) is 1.87. The van der Waals surface area contributed by atoms with Crippen LogP contribution >= 0.6 is 0 Å². The predicted molar refractivity (Wildman–Crippen MR) is 113 cm³/mol. The summed E-state index contributed by atoms with van der Waals surface area (Å²) in [7, 11) is 0. The van der Waals surface area contributed by atoms with E-state index in [0.717, 1.165) is 37.3 Å². The lowest BCUT2D eigenvalue weighted by Crippen LogP contribution is -2.56. The molecule has 2 heterocycles. The third-order valence-corrected chi connectivity index (χ3v) is 5.22. The van der Waals surface area contributed by atoms with E-state index in [2.05, 4.69) is 32.7 Å². The van der Waals surface area contributed by atoms with Gasteiger partial charge in [0, 0.05) is 37.4 Å². The Hall–Kier alpha value is -2.73. The molecular weight excluding hydrogens is 364 g/mol. The van der Waals surface area contributed by atoms with Crippen LogP contribution in [0.2, 0.25) is 0 Å². The van der Waals surface area contributed by atoms with Gasteiger partial charge in [-0.05, 0) is 44.0 Å². The van der Waals surface area contributed by atoms with E-state index < -0.39 is 6.04 Å². The molecule has 29 heavy (non-hydrogen) atoms. The molecule has 1 fully saturated rings. The van der Waals surface area contributed by atoms with Gasteiger partial charge in [-0.3, -0.25) is 19.5 Å². The largest absolute Gasteiger partial charge is 0.356 e. The molecule has 3 rings (SSSR count). The number of nitrogens with zero attached hydrogens (tertiary/aromatic N) is 2. The molecule has 0 radical (unpaired) electrons. The van der Waals surface area contributed by atoms with Gasteiger partial charge in [0.25, 0.3) is 0 Å². The average molecular weight is 395 g/mol. The Kier molecular flexibility index (Phi) is 7.76. The summed E-state index contributed by atoms with van der Waals surface area (Å²) in [6, 6.07) is 15.8. The first-order chi connectivity index (χ1) is 14.1. The Bertz CT molecular complexity index is 810. The van der Waals surface area contributed by atoms with E-state index in [1.54, 1.807) is 0 Å². The fraction of sp³-hybridized carbons (Fsp3) is 0.435. The molecule has 1 saturated heterocycles. The molecule has 0 bridgehead atoms. The second-order valence-electron chi connectivity index (χ2n) is 7.51. The first kappa shape index (κ1) is 21.0. The molecule has 6 heteroatoms. The van der Waals surface area contributed by atoms with Gasteiger partial charge in [0.05, 0.1) is 12.5 Å². The SMILES string of the molecule is Cc1cccc(CCNC(=O)CC2C(=O)NCCN2CCCc2ccccc2)n1. The van der Waals surface area contributed by atoms with Crippen LogP contribution in [-0.4, -0.2) is 53.9 Å². The number of aryl methyl sites for hydroxylation is 2. The summed E-state index contributed by atoms with van der Waals surface area (Å²) in [5, 5.41) is 5.83. The van der Waals surface area contributed by atoms with Crippen molar-refractivity contribution in [2.24, 2.45) is 0 Å². The fourth-order valence-electron chi connectivity index (χ4n) is 3.70. The number of carbonyl (C=O) groups is 2. The Morgan fingerprint density at radius 2 is 2.00 bits per heavy atom. The molecule has 6 nitrogen and oxygen atoms in total. The maximum absolute atomic E-state index is 12.4. The zero-order valence-electron chi connectivity index (χ0n) is 17.1. The molecule has 0 aliphatic carbocycles. The minimum Gasteiger partial charge on any atom is -0.356 e. The second kappa shape index (κ2) is 10.7. The Morgan fingerprint density at radius 3 is 2.79 bits per heavy atom. The maximum atomic E-state index is 12.4. The summed E-state index contributed by atoms with van der Waals surface area (Å²) in [6.45, 7) is 4.72. The first-order valence-corrected chi connectivity index (χ1v) is 10.4. The number of amides is 2. The standard InChI is InChI=1S/C23H30N4O2/c1-18-7-5-11-20(26-18)12-13-24-22(28)17-21-23(29)25-14-16-27(21)15-6-10-19-8-3-2-4-9-19/h2-5,7-9,11,21H,6,10,12-17H2,1H3,(H,24,28)(H,25,29). The van der Waals surface area contributed by atoms with Crippen molar-refractivity contribution in [1.29, 1.82) is 0 Å². The van der Waals surface area contributed by atoms with Gasteiger partial charge in [-0.2, -0.15) is 0 Å². The fourth-order valence-corrected chi connectivity index (χ4v) is 3.70. The lowest BCUT2D eigenvalue weighted by atomic mass is 10.1. The number of piperazine rings is 1. The van der Waals surface area contributed by atoms with Crippen LogP contribution in [0.25, 0.3) is 0 Å². The van der Waals surface area contributed by atoms with Crippen LogP contribution in [0.4, 0.5) is 0 Å². The molecular formula is C23H30N4O2. The number of pyridine rings is 1. The number of carbonyl (C=O) groups excluding carboxylic acids is 2. The van der Waals surface area contributed by atoms with Crippen LogP contribution in [0.15, 0.2) is 48.5 Å². The van der Waals surface area contributed by atoms with Gasteiger partial charge >= 0.3 is 0 Å². The zero-order valence-corrected chi connectivity index (χ0v) is 17.1. The lowest BCUT2D eigenvalue weighted by molar-refractivity contribution is -0.133. The van der Waals surface area contributed by atoms with E-state index in [1.165, 1.54) is 5.56 Å². The van der Waals surface area contributed by atoms with Crippen LogP contribution in [0.3, 0.4) is 0 Å². The number of benzene rings is 1. The van der Waals surface area contributed by atoms with Crippen LogP contribution in [-0.2, 0) is 22.4 Å². The van der Waals surface area contributed by atoms with Gasteiger partial charge in [-0.25, -0.2) is 0 Å². The van der Waals surface area contributed by atoms with Crippen molar-refractivity contribution in [2.75, 3.05) is 26.2 Å². The highest BCUT2D eigenvalue weighted by Crippen LogP contribution is 2.11. The van der Waals surface area contributed by atoms with Crippen LogP contribution in [0.1, 0.15) is 29.8 Å². The van der Waals surface area contributed by atoms with Crippen molar-refractivity contribution < 1.29 is 9.59 Å². The van der Waals surface area contributed by atoms with E-state index in [0.29, 0.717) is 19.5 Å². The summed E-state index contributed by atoms with van der Waals surface area (Å²) in [5.41, 5.74) is 3.23. The molecule has 154 valence electrons. The molecule has 2 aromatic rings. The minimum absolute atomic E-state index is 0.0496. The molecule has 1 aromatic heterocycles. The van der Waals surface area contributed by atoms with Crippen LogP contribution in [0, 0.1) is 6.92 Å². The van der Waals surface area contributed by atoms with E-state index >= 15 is 0 Å². The summed E-state index contributed by atoms with van der Waals surface area (Å²) < 4.78 is 0. The van der Waals surface area contributed by atoms with Crippen molar-refractivity contribution in [2.45, 2.75) is 38.6 Å². The number of rotatable bonds is 9. The van der Waals surface area contributed by atoms with Gasteiger partial charge in [-0.15, -0.1) is 0 Å². The van der Waals surface area contributed by atoms with Crippen molar-refractivity contribution >= 4 is 11.8 Å². The maximum Gasteiger partial charge on any atom is 0.237 e. The van der Waals surface area contributed by atoms with Gasteiger partial charge in [0.15, 0.2) is 0 Å². The highest BCUT2D eigenvalue weighted by atomic mass is 16.2. The van der Waals surface area contributed by atoms with Gasteiger partial charge in [-0.1, -0.05) is 36.4 Å².